The number of rotatable bonds is 3. The number of carbonyl (C=O) groups is 1. The Morgan fingerprint density at radius 1 is 1.32 bits per heavy atom. The topological polar surface area (TPSA) is 110 Å². The molecule has 114 valence electrons. The highest BCUT2D eigenvalue weighted by molar-refractivity contribution is 6.11. The first-order valence-electron chi connectivity index (χ1n) is 6.93. The fourth-order valence-electron chi connectivity index (χ4n) is 2.15. The lowest BCUT2D eigenvalue weighted by atomic mass is 10.1. The first-order chi connectivity index (χ1) is 10.5. The molecule has 0 spiro atoms. The van der Waals surface area contributed by atoms with Crippen LogP contribution in [0.4, 0.5) is 5.95 Å². The third kappa shape index (κ3) is 2.43. The van der Waals surface area contributed by atoms with Gasteiger partial charge >= 0.3 is 0 Å². The Labute approximate surface area is 126 Å². The zero-order chi connectivity index (χ0) is 15.9. The van der Waals surface area contributed by atoms with E-state index < -0.39 is 0 Å². The van der Waals surface area contributed by atoms with Gasteiger partial charge in [0.25, 0.3) is 11.6 Å². The summed E-state index contributed by atoms with van der Waals surface area (Å²) in [6.45, 7) is 7.53. The largest absolute Gasteiger partial charge is 0.336 e. The number of carbonyl (C=O) groups excluding carboxylic acids is 1. The van der Waals surface area contributed by atoms with Crippen molar-refractivity contribution >= 4 is 23.0 Å². The van der Waals surface area contributed by atoms with Gasteiger partial charge in [0.2, 0.25) is 5.95 Å². The third-order valence-corrected chi connectivity index (χ3v) is 3.26. The van der Waals surface area contributed by atoms with Gasteiger partial charge < -0.3 is 4.52 Å². The number of nitrogens with zero attached hydrogens (tertiary/aromatic N) is 4. The number of aromatic nitrogens is 5. The minimum Gasteiger partial charge on any atom is -0.336 e. The monoisotopic (exact) mass is 300 g/mol. The molecule has 0 saturated carbocycles. The summed E-state index contributed by atoms with van der Waals surface area (Å²) in [6, 6.07) is 1.69. The highest BCUT2D eigenvalue weighted by Crippen LogP contribution is 2.22. The standard InChI is InChI=1S/C14H16N6O2/c1-6(2)11-16-14(19-18-11)17-12(21)9-5-7(3)15-13-10(9)8(4)20-22-13/h5-6H,1-4H3,(H2,16,17,18,19,21). The fraction of sp³-hybridized carbons (Fsp3) is 0.357. The molecule has 0 aliphatic rings. The molecule has 3 heterocycles. The minimum absolute atomic E-state index is 0.202. The molecule has 0 aromatic carbocycles. The van der Waals surface area contributed by atoms with Crippen LogP contribution in [-0.4, -0.2) is 31.2 Å². The van der Waals surface area contributed by atoms with Crippen molar-refractivity contribution in [1.82, 2.24) is 25.3 Å². The fourth-order valence-corrected chi connectivity index (χ4v) is 2.15. The van der Waals surface area contributed by atoms with Crippen LogP contribution < -0.4 is 5.32 Å². The molecule has 0 bridgehead atoms. The number of fused-ring (bicyclic) bond motifs is 1. The van der Waals surface area contributed by atoms with E-state index in [0.29, 0.717) is 33.9 Å². The van der Waals surface area contributed by atoms with Gasteiger partial charge in [0.15, 0.2) is 0 Å². The highest BCUT2D eigenvalue weighted by atomic mass is 16.5. The SMILES string of the molecule is Cc1cc(C(=O)Nc2n[nH]c(C(C)C)n2)c2c(C)noc2n1. The predicted molar refractivity (Wildman–Crippen MR) is 79.7 cm³/mol. The first kappa shape index (κ1) is 14.2. The quantitative estimate of drug-likeness (QED) is 0.768. The van der Waals surface area contributed by atoms with E-state index in [1.807, 2.05) is 13.8 Å². The van der Waals surface area contributed by atoms with E-state index in [0.717, 1.165) is 0 Å². The van der Waals surface area contributed by atoms with Gasteiger partial charge in [-0.25, -0.2) is 4.98 Å². The van der Waals surface area contributed by atoms with Crippen molar-refractivity contribution in [2.24, 2.45) is 0 Å². The molecule has 0 fully saturated rings. The van der Waals surface area contributed by atoms with Gasteiger partial charge in [-0.3, -0.25) is 15.2 Å². The molecule has 0 radical (unpaired) electrons. The van der Waals surface area contributed by atoms with Gasteiger partial charge in [0, 0.05) is 11.6 Å². The van der Waals surface area contributed by atoms with Crippen molar-refractivity contribution in [3.63, 3.8) is 0 Å². The van der Waals surface area contributed by atoms with Crippen molar-refractivity contribution < 1.29 is 9.32 Å². The number of hydrogen-bond donors (Lipinski definition) is 2. The van der Waals surface area contributed by atoms with Gasteiger partial charge in [0.05, 0.1) is 16.6 Å². The lowest BCUT2D eigenvalue weighted by Gasteiger charge is -2.03. The number of pyridine rings is 1. The molecule has 3 aromatic heterocycles. The number of anilines is 1. The van der Waals surface area contributed by atoms with E-state index in [4.69, 9.17) is 4.52 Å². The van der Waals surface area contributed by atoms with Crippen LogP contribution >= 0.6 is 0 Å². The smallest absolute Gasteiger partial charge is 0.259 e. The summed E-state index contributed by atoms with van der Waals surface area (Å²) in [6.07, 6.45) is 0. The minimum atomic E-state index is -0.323. The Balaban J connectivity index is 1.96. The summed E-state index contributed by atoms with van der Waals surface area (Å²) >= 11 is 0. The lowest BCUT2D eigenvalue weighted by Crippen LogP contribution is -2.14. The summed E-state index contributed by atoms with van der Waals surface area (Å²) in [4.78, 5) is 21.0. The number of amides is 1. The van der Waals surface area contributed by atoms with Gasteiger partial charge in [-0.05, 0) is 19.9 Å². The number of H-pyrrole nitrogens is 1. The number of aromatic amines is 1. The summed E-state index contributed by atoms with van der Waals surface area (Å²) in [5.41, 5.74) is 2.08. The van der Waals surface area contributed by atoms with Crippen LogP contribution in [0.15, 0.2) is 10.6 Å². The molecule has 22 heavy (non-hydrogen) atoms. The van der Waals surface area contributed by atoms with E-state index in [9.17, 15) is 4.79 Å². The van der Waals surface area contributed by atoms with E-state index >= 15 is 0 Å². The average Bonchev–Trinajstić information content (AvgIpc) is 3.05. The van der Waals surface area contributed by atoms with Crippen molar-refractivity contribution in [3.05, 3.63) is 28.8 Å². The van der Waals surface area contributed by atoms with Crippen LogP contribution in [0.1, 0.15) is 47.3 Å². The molecule has 8 nitrogen and oxygen atoms in total. The van der Waals surface area contributed by atoms with E-state index in [1.54, 1.807) is 19.9 Å². The summed E-state index contributed by atoms with van der Waals surface area (Å²) < 4.78 is 5.13. The molecule has 3 aromatic rings. The zero-order valence-electron chi connectivity index (χ0n) is 12.8. The summed E-state index contributed by atoms with van der Waals surface area (Å²) in [5.74, 6) is 0.836. The van der Waals surface area contributed by atoms with E-state index in [2.05, 4.69) is 30.6 Å². The maximum absolute atomic E-state index is 12.5. The van der Waals surface area contributed by atoms with E-state index in [-0.39, 0.29) is 17.8 Å². The predicted octanol–water partition coefficient (Wildman–Crippen LogP) is 2.33. The number of nitrogens with one attached hydrogen (secondary N) is 2. The molecule has 0 aliphatic carbocycles. The Morgan fingerprint density at radius 3 is 2.77 bits per heavy atom. The molecule has 0 aliphatic heterocycles. The molecular formula is C14H16N6O2. The van der Waals surface area contributed by atoms with Crippen molar-refractivity contribution in [2.45, 2.75) is 33.6 Å². The molecule has 0 atom stereocenters. The molecular weight excluding hydrogens is 284 g/mol. The maximum Gasteiger partial charge on any atom is 0.259 e. The van der Waals surface area contributed by atoms with Gasteiger partial charge in [-0.15, -0.1) is 5.10 Å². The summed E-state index contributed by atoms with van der Waals surface area (Å²) in [7, 11) is 0. The Hall–Kier alpha value is -2.77. The van der Waals surface area contributed by atoms with Crippen molar-refractivity contribution in [2.75, 3.05) is 5.32 Å². The zero-order valence-corrected chi connectivity index (χ0v) is 12.8. The number of aryl methyl sites for hydroxylation is 2. The van der Waals surface area contributed by atoms with Crippen LogP contribution in [0.3, 0.4) is 0 Å². The molecule has 8 heteroatoms. The molecule has 3 rings (SSSR count). The van der Waals surface area contributed by atoms with Gasteiger partial charge in [0.1, 0.15) is 5.82 Å². The van der Waals surface area contributed by atoms with Gasteiger partial charge in [-0.1, -0.05) is 19.0 Å². The second-order valence-corrected chi connectivity index (χ2v) is 5.41. The third-order valence-electron chi connectivity index (χ3n) is 3.26. The van der Waals surface area contributed by atoms with Crippen LogP contribution in [0, 0.1) is 13.8 Å². The highest BCUT2D eigenvalue weighted by Gasteiger charge is 2.19. The van der Waals surface area contributed by atoms with Gasteiger partial charge in [-0.2, -0.15) is 4.98 Å². The van der Waals surface area contributed by atoms with Crippen LogP contribution in [0.2, 0.25) is 0 Å². The summed E-state index contributed by atoms with van der Waals surface area (Å²) in [5, 5.41) is 13.9. The Morgan fingerprint density at radius 2 is 2.09 bits per heavy atom. The van der Waals surface area contributed by atoms with Crippen molar-refractivity contribution in [1.29, 1.82) is 0 Å². The lowest BCUT2D eigenvalue weighted by molar-refractivity contribution is 0.102. The Kier molecular flexibility index (Phi) is 3.36. The second-order valence-electron chi connectivity index (χ2n) is 5.41. The maximum atomic E-state index is 12.5. The number of hydrogen-bond acceptors (Lipinski definition) is 6. The Bertz CT molecular complexity index is 848. The molecule has 0 saturated heterocycles. The van der Waals surface area contributed by atoms with Crippen molar-refractivity contribution in [3.8, 4) is 0 Å². The normalized spacial score (nSPS) is 11.3. The van der Waals surface area contributed by atoms with Crippen LogP contribution in [0.25, 0.3) is 11.1 Å². The van der Waals surface area contributed by atoms with Crippen LogP contribution in [0.5, 0.6) is 0 Å². The average molecular weight is 300 g/mol. The second kappa shape index (κ2) is 5.21. The molecule has 1 amide bonds. The molecule has 0 unspecified atom stereocenters. The van der Waals surface area contributed by atoms with Crippen LogP contribution in [-0.2, 0) is 0 Å². The van der Waals surface area contributed by atoms with E-state index in [1.165, 1.54) is 0 Å². The first-order valence-corrected chi connectivity index (χ1v) is 6.93. The molecule has 2 N–H and O–H groups in total.